The molecule has 2 aromatic rings. The van der Waals surface area contributed by atoms with Crippen LogP contribution in [-0.2, 0) is 4.74 Å². The maximum Gasteiger partial charge on any atom is 0.413 e. The average molecular weight is 275 g/mol. The van der Waals surface area contributed by atoms with Gasteiger partial charge < -0.3 is 4.74 Å². The Morgan fingerprint density at radius 1 is 1.45 bits per heavy atom. The first-order valence-corrected chi connectivity index (χ1v) is 6.63. The Morgan fingerprint density at radius 3 is 2.85 bits per heavy atom. The van der Waals surface area contributed by atoms with Crippen molar-refractivity contribution in [1.82, 2.24) is 20.2 Å². The lowest BCUT2D eigenvalue weighted by Gasteiger charge is -2.19. The van der Waals surface area contributed by atoms with Gasteiger partial charge in [0.05, 0.1) is 5.69 Å². The molecule has 2 aromatic heterocycles. The molecule has 106 valence electrons. The number of hydrogen-bond acceptors (Lipinski definition) is 5. The van der Waals surface area contributed by atoms with Gasteiger partial charge in [0.25, 0.3) is 0 Å². The molecule has 1 saturated carbocycles. The highest BCUT2D eigenvalue weighted by Crippen LogP contribution is 2.39. The Balaban J connectivity index is 1.80. The molecule has 0 atom stereocenters. The molecule has 7 heteroatoms. The van der Waals surface area contributed by atoms with Crippen LogP contribution >= 0.6 is 0 Å². The summed E-state index contributed by atoms with van der Waals surface area (Å²) >= 11 is 0. The lowest BCUT2D eigenvalue weighted by molar-refractivity contribution is 0.0635. The van der Waals surface area contributed by atoms with E-state index >= 15 is 0 Å². The molecular weight excluding hydrogens is 258 g/mol. The van der Waals surface area contributed by atoms with Gasteiger partial charge >= 0.3 is 6.09 Å². The van der Waals surface area contributed by atoms with Gasteiger partial charge in [0.1, 0.15) is 5.60 Å². The smallest absolute Gasteiger partial charge is 0.413 e. The summed E-state index contributed by atoms with van der Waals surface area (Å²) in [6.45, 7) is 5.41. The fourth-order valence-corrected chi connectivity index (χ4v) is 1.88. The first kappa shape index (κ1) is 12.8. The van der Waals surface area contributed by atoms with Crippen molar-refractivity contribution in [3.8, 4) is 0 Å². The first-order valence-electron chi connectivity index (χ1n) is 6.63. The van der Waals surface area contributed by atoms with E-state index in [-0.39, 0.29) is 0 Å². The van der Waals surface area contributed by atoms with Crippen molar-refractivity contribution in [3.05, 3.63) is 11.9 Å². The standard InChI is InChI=1S/C13H17N5O2/c1-13(2,3)20-12(19)16-11-9-10(17-18-11)15-8(6-14-9)7-4-5-7/h6-7H,4-5H2,1-3H3,(H2,15,16,17,18,19). The highest BCUT2D eigenvalue weighted by Gasteiger charge is 2.26. The van der Waals surface area contributed by atoms with Crippen LogP contribution in [0.1, 0.15) is 45.2 Å². The minimum atomic E-state index is -0.557. The predicted octanol–water partition coefficient (Wildman–Crippen LogP) is 2.58. The molecule has 1 amide bonds. The van der Waals surface area contributed by atoms with Crippen molar-refractivity contribution in [1.29, 1.82) is 0 Å². The highest BCUT2D eigenvalue weighted by molar-refractivity contribution is 5.93. The predicted molar refractivity (Wildman–Crippen MR) is 73.5 cm³/mol. The van der Waals surface area contributed by atoms with E-state index in [4.69, 9.17) is 4.74 Å². The van der Waals surface area contributed by atoms with Gasteiger partial charge in [0.15, 0.2) is 17.0 Å². The molecular formula is C13H17N5O2. The second-order valence-electron chi connectivity index (χ2n) is 5.97. The summed E-state index contributed by atoms with van der Waals surface area (Å²) in [7, 11) is 0. The molecule has 0 aliphatic heterocycles. The minimum absolute atomic E-state index is 0.337. The van der Waals surface area contributed by atoms with Crippen LogP contribution in [0.2, 0.25) is 0 Å². The topological polar surface area (TPSA) is 92.8 Å². The van der Waals surface area contributed by atoms with E-state index in [1.54, 1.807) is 27.0 Å². The SMILES string of the molecule is CC(C)(C)OC(=O)Nc1n[nH]c2nc(C3CC3)cnc12. The van der Waals surface area contributed by atoms with E-state index in [1.807, 2.05) is 0 Å². The van der Waals surface area contributed by atoms with E-state index < -0.39 is 11.7 Å². The van der Waals surface area contributed by atoms with E-state index in [2.05, 4.69) is 25.5 Å². The number of hydrogen-bond donors (Lipinski definition) is 2. The highest BCUT2D eigenvalue weighted by atomic mass is 16.6. The summed E-state index contributed by atoms with van der Waals surface area (Å²) in [6, 6.07) is 0. The Labute approximate surface area is 116 Å². The molecule has 0 radical (unpaired) electrons. The summed E-state index contributed by atoms with van der Waals surface area (Å²) in [5, 5.41) is 9.39. The summed E-state index contributed by atoms with van der Waals surface area (Å²) in [5.41, 5.74) is 1.55. The van der Waals surface area contributed by atoms with E-state index in [9.17, 15) is 4.79 Å². The lowest BCUT2D eigenvalue weighted by atomic mass is 10.2. The Morgan fingerprint density at radius 2 is 2.20 bits per heavy atom. The van der Waals surface area contributed by atoms with Gasteiger partial charge in [-0.25, -0.2) is 14.8 Å². The summed E-state index contributed by atoms with van der Waals surface area (Å²) < 4.78 is 5.18. The molecule has 3 rings (SSSR count). The average Bonchev–Trinajstić information content (AvgIpc) is 3.11. The number of carbonyl (C=O) groups is 1. The zero-order valence-electron chi connectivity index (χ0n) is 11.7. The number of aromatic amines is 1. The Hall–Kier alpha value is -2.18. The van der Waals surface area contributed by atoms with E-state index in [0.29, 0.717) is 22.9 Å². The molecule has 1 aliphatic rings. The van der Waals surface area contributed by atoms with Gasteiger partial charge in [0, 0.05) is 12.1 Å². The summed E-state index contributed by atoms with van der Waals surface area (Å²) in [4.78, 5) is 20.5. The first-order chi connectivity index (χ1) is 9.42. The summed E-state index contributed by atoms with van der Waals surface area (Å²) in [6.07, 6.45) is 3.52. The van der Waals surface area contributed by atoms with Crippen LogP contribution in [0, 0.1) is 0 Å². The molecule has 2 heterocycles. The number of nitrogens with zero attached hydrogens (tertiary/aromatic N) is 3. The van der Waals surface area contributed by atoms with Crippen LogP contribution in [0.15, 0.2) is 6.20 Å². The molecule has 0 aromatic carbocycles. The van der Waals surface area contributed by atoms with E-state index in [1.165, 1.54) is 0 Å². The van der Waals surface area contributed by atoms with Crippen LogP contribution in [0.25, 0.3) is 11.2 Å². The third-order valence-corrected chi connectivity index (χ3v) is 2.90. The fourth-order valence-electron chi connectivity index (χ4n) is 1.88. The zero-order chi connectivity index (χ0) is 14.3. The van der Waals surface area contributed by atoms with Crippen molar-refractivity contribution in [2.45, 2.75) is 45.1 Å². The van der Waals surface area contributed by atoms with Gasteiger partial charge in [-0.2, -0.15) is 5.10 Å². The number of carbonyl (C=O) groups excluding carboxylic acids is 1. The molecule has 0 bridgehead atoms. The number of ether oxygens (including phenoxy) is 1. The zero-order valence-corrected chi connectivity index (χ0v) is 11.7. The van der Waals surface area contributed by atoms with Gasteiger partial charge in [0.2, 0.25) is 0 Å². The molecule has 0 unspecified atom stereocenters. The van der Waals surface area contributed by atoms with Gasteiger partial charge in [-0.3, -0.25) is 10.4 Å². The van der Waals surface area contributed by atoms with Crippen molar-refractivity contribution < 1.29 is 9.53 Å². The number of anilines is 1. The van der Waals surface area contributed by atoms with Gasteiger partial charge in [-0.05, 0) is 33.6 Å². The molecule has 20 heavy (non-hydrogen) atoms. The molecule has 7 nitrogen and oxygen atoms in total. The maximum absolute atomic E-state index is 11.7. The Bertz CT molecular complexity index is 654. The second-order valence-corrected chi connectivity index (χ2v) is 5.97. The number of amides is 1. The largest absolute Gasteiger partial charge is 0.444 e. The van der Waals surface area contributed by atoms with Crippen LogP contribution in [0.5, 0.6) is 0 Å². The van der Waals surface area contributed by atoms with Crippen LogP contribution in [-0.4, -0.2) is 31.9 Å². The molecule has 0 saturated heterocycles. The van der Waals surface area contributed by atoms with Crippen molar-refractivity contribution in [2.24, 2.45) is 0 Å². The maximum atomic E-state index is 11.7. The minimum Gasteiger partial charge on any atom is -0.444 e. The third kappa shape index (κ3) is 2.71. The quantitative estimate of drug-likeness (QED) is 0.878. The molecule has 2 N–H and O–H groups in total. The van der Waals surface area contributed by atoms with Gasteiger partial charge in [-0.15, -0.1) is 0 Å². The number of nitrogens with one attached hydrogen (secondary N) is 2. The van der Waals surface area contributed by atoms with E-state index in [0.717, 1.165) is 18.5 Å². The molecule has 1 fully saturated rings. The van der Waals surface area contributed by atoms with Crippen LogP contribution in [0.3, 0.4) is 0 Å². The third-order valence-electron chi connectivity index (χ3n) is 2.90. The molecule has 1 aliphatic carbocycles. The van der Waals surface area contributed by atoms with Crippen molar-refractivity contribution >= 4 is 23.1 Å². The Kier molecular flexibility index (Phi) is 2.84. The number of aromatic nitrogens is 4. The fraction of sp³-hybridized carbons (Fsp3) is 0.538. The van der Waals surface area contributed by atoms with Gasteiger partial charge in [-0.1, -0.05) is 0 Å². The number of fused-ring (bicyclic) bond motifs is 1. The number of rotatable bonds is 2. The molecule has 0 spiro atoms. The second kappa shape index (κ2) is 4.43. The van der Waals surface area contributed by atoms with Crippen molar-refractivity contribution in [2.75, 3.05) is 5.32 Å². The lowest BCUT2D eigenvalue weighted by Crippen LogP contribution is -2.27. The monoisotopic (exact) mass is 275 g/mol. The van der Waals surface area contributed by atoms with Crippen LogP contribution < -0.4 is 5.32 Å². The van der Waals surface area contributed by atoms with Crippen molar-refractivity contribution in [3.63, 3.8) is 0 Å². The summed E-state index contributed by atoms with van der Waals surface area (Å²) in [5.74, 6) is 0.863. The number of H-pyrrole nitrogens is 1. The normalized spacial score (nSPS) is 15.3. The van der Waals surface area contributed by atoms with Crippen LogP contribution in [0.4, 0.5) is 10.6 Å².